The summed E-state index contributed by atoms with van der Waals surface area (Å²) in [6.07, 6.45) is 0.663. The number of hydrogen-bond donors (Lipinski definition) is 0. The summed E-state index contributed by atoms with van der Waals surface area (Å²) in [5.74, 6) is 1.68. The van der Waals surface area contributed by atoms with Crippen LogP contribution < -0.4 is 9.64 Å². The molecule has 8 nitrogen and oxygen atoms in total. The van der Waals surface area contributed by atoms with Crippen LogP contribution in [0.2, 0.25) is 0 Å². The maximum atomic E-state index is 12.8. The molecule has 3 heterocycles. The van der Waals surface area contributed by atoms with Crippen LogP contribution in [0.3, 0.4) is 0 Å². The van der Waals surface area contributed by atoms with Crippen LogP contribution in [0.1, 0.15) is 30.1 Å². The average molecular weight is 397 g/mol. The molecule has 0 N–H and O–H groups in total. The van der Waals surface area contributed by atoms with Gasteiger partial charge in [-0.05, 0) is 33.3 Å². The van der Waals surface area contributed by atoms with Gasteiger partial charge in [0.15, 0.2) is 5.65 Å². The van der Waals surface area contributed by atoms with Crippen molar-refractivity contribution >= 4 is 11.6 Å². The maximum Gasteiger partial charge on any atom is 0.230 e. The average Bonchev–Trinajstić information content (AvgIpc) is 3.03. The number of methoxy groups -OCH3 is 1. The fourth-order valence-corrected chi connectivity index (χ4v) is 3.31. The highest BCUT2D eigenvalue weighted by Crippen LogP contribution is 2.32. The molecule has 0 aromatic carbocycles. The van der Waals surface area contributed by atoms with Gasteiger partial charge in [0.05, 0.1) is 37.5 Å². The highest BCUT2D eigenvalue weighted by Gasteiger charge is 2.21. The number of fused-ring (bicyclic) bond motifs is 1. The highest BCUT2D eigenvalue weighted by atomic mass is 19.1. The van der Waals surface area contributed by atoms with Crippen molar-refractivity contribution in [3.05, 3.63) is 29.3 Å². The van der Waals surface area contributed by atoms with E-state index in [9.17, 15) is 4.39 Å². The second kappa shape index (κ2) is 8.82. The summed E-state index contributed by atoms with van der Waals surface area (Å²) in [5, 5.41) is 13.7. The number of aromatic nitrogens is 5. The highest BCUT2D eigenvalue weighted by molar-refractivity contribution is 5.82. The van der Waals surface area contributed by atoms with Gasteiger partial charge in [0.1, 0.15) is 5.82 Å². The first-order valence-corrected chi connectivity index (χ1v) is 9.44. The van der Waals surface area contributed by atoms with Crippen molar-refractivity contribution in [2.45, 2.75) is 33.6 Å². The van der Waals surface area contributed by atoms with Gasteiger partial charge in [-0.1, -0.05) is 0 Å². The Morgan fingerprint density at radius 2 is 1.93 bits per heavy atom. The quantitative estimate of drug-likeness (QED) is 0.576. The third kappa shape index (κ3) is 4.11. The molecule has 0 saturated carbocycles. The lowest BCUT2D eigenvalue weighted by Gasteiger charge is -2.22. The fourth-order valence-electron chi connectivity index (χ4n) is 3.31. The number of aryl methyl sites for hydroxylation is 3. The summed E-state index contributed by atoms with van der Waals surface area (Å²) >= 11 is 0. The molecular weight excluding hydrogens is 373 g/mol. The number of hydrogen-bond acceptors (Lipinski definition) is 7. The predicted octanol–water partition coefficient (Wildman–Crippen LogP) is 3.20. The number of anilines is 1. The lowest BCUT2D eigenvalue weighted by atomic mass is 10.1. The standard InChI is InChI=1S/C20H24FN7O/c1-13-16(7-8-17(23-13)29-4)18-14(2)26-28-19(18)24-15(3)25-20(28)27(11-5-9-21)12-6-10-22/h7-8H,5-6,9,11-12H2,1-4H3. The number of nitriles is 1. The third-order valence-corrected chi connectivity index (χ3v) is 4.63. The lowest BCUT2D eigenvalue weighted by molar-refractivity contribution is 0.397. The van der Waals surface area contributed by atoms with Crippen LogP contribution in [-0.4, -0.2) is 51.4 Å². The molecule has 0 unspecified atom stereocenters. The summed E-state index contributed by atoms with van der Waals surface area (Å²) in [6.45, 7) is 6.09. The molecule has 0 amide bonds. The third-order valence-electron chi connectivity index (χ3n) is 4.63. The van der Waals surface area contributed by atoms with Crippen molar-refractivity contribution in [2.24, 2.45) is 0 Å². The Kier molecular flexibility index (Phi) is 6.22. The minimum atomic E-state index is -0.434. The van der Waals surface area contributed by atoms with E-state index in [-0.39, 0.29) is 0 Å². The molecule has 0 aliphatic heterocycles. The van der Waals surface area contributed by atoms with Gasteiger partial charge in [-0.2, -0.15) is 19.9 Å². The van der Waals surface area contributed by atoms with Crippen molar-refractivity contribution in [3.8, 4) is 23.1 Å². The molecule has 3 rings (SSSR count). The van der Waals surface area contributed by atoms with E-state index >= 15 is 0 Å². The van der Waals surface area contributed by atoms with E-state index in [1.807, 2.05) is 31.7 Å². The Morgan fingerprint density at radius 1 is 1.14 bits per heavy atom. The molecule has 0 atom stereocenters. The van der Waals surface area contributed by atoms with Gasteiger partial charge in [0, 0.05) is 30.4 Å². The van der Waals surface area contributed by atoms with Crippen molar-refractivity contribution in [1.82, 2.24) is 24.6 Å². The minimum absolute atomic E-state index is 0.311. The van der Waals surface area contributed by atoms with Crippen LogP contribution in [0.25, 0.3) is 16.8 Å². The zero-order valence-corrected chi connectivity index (χ0v) is 17.1. The van der Waals surface area contributed by atoms with E-state index in [0.29, 0.717) is 49.2 Å². The van der Waals surface area contributed by atoms with E-state index in [2.05, 4.69) is 26.1 Å². The number of pyridine rings is 1. The molecule has 0 aliphatic carbocycles. The molecule has 0 spiro atoms. The zero-order valence-electron chi connectivity index (χ0n) is 17.1. The van der Waals surface area contributed by atoms with Crippen molar-refractivity contribution in [3.63, 3.8) is 0 Å². The first kappa shape index (κ1) is 20.5. The van der Waals surface area contributed by atoms with E-state index < -0.39 is 6.67 Å². The van der Waals surface area contributed by atoms with Crippen molar-refractivity contribution in [1.29, 1.82) is 5.26 Å². The van der Waals surface area contributed by atoms with Gasteiger partial charge in [-0.25, -0.2) is 9.97 Å². The Balaban J connectivity index is 2.18. The second-order valence-electron chi connectivity index (χ2n) is 6.69. The van der Waals surface area contributed by atoms with Crippen LogP contribution in [0, 0.1) is 32.1 Å². The van der Waals surface area contributed by atoms with Gasteiger partial charge in [0.25, 0.3) is 0 Å². The largest absolute Gasteiger partial charge is 0.481 e. The van der Waals surface area contributed by atoms with E-state index in [0.717, 1.165) is 22.5 Å². The van der Waals surface area contributed by atoms with Crippen LogP contribution >= 0.6 is 0 Å². The summed E-state index contributed by atoms with van der Waals surface area (Å²) < 4.78 is 19.7. The monoisotopic (exact) mass is 397 g/mol. The molecular formula is C20H24FN7O. The van der Waals surface area contributed by atoms with E-state index in [1.165, 1.54) is 0 Å². The van der Waals surface area contributed by atoms with Gasteiger partial charge in [-0.3, -0.25) is 4.39 Å². The first-order valence-electron chi connectivity index (χ1n) is 9.44. The predicted molar refractivity (Wildman–Crippen MR) is 108 cm³/mol. The van der Waals surface area contributed by atoms with Gasteiger partial charge in [0.2, 0.25) is 11.8 Å². The molecule has 0 bridgehead atoms. The lowest BCUT2D eigenvalue weighted by Crippen LogP contribution is -2.29. The number of nitrogens with zero attached hydrogens (tertiary/aromatic N) is 7. The summed E-state index contributed by atoms with van der Waals surface area (Å²) in [5.41, 5.74) is 4.03. The number of alkyl halides is 1. The van der Waals surface area contributed by atoms with Crippen molar-refractivity contribution in [2.75, 3.05) is 31.8 Å². The molecule has 0 saturated heterocycles. The van der Waals surface area contributed by atoms with Gasteiger partial charge >= 0.3 is 0 Å². The fraction of sp³-hybridized carbons (Fsp3) is 0.450. The Hall–Kier alpha value is -3.28. The van der Waals surface area contributed by atoms with Gasteiger partial charge in [-0.15, -0.1) is 0 Å². The molecule has 9 heteroatoms. The van der Waals surface area contributed by atoms with Crippen molar-refractivity contribution < 1.29 is 9.13 Å². The Bertz CT molecular complexity index is 1060. The molecule has 0 aliphatic rings. The number of halogens is 1. The Morgan fingerprint density at radius 3 is 2.59 bits per heavy atom. The zero-order chi connectivity index (χ0) is 21.0. The first-order chi connectivity index (χ1) is 14.0. The molecule has 152 valence electrons. The summed E-state index contributed by atoms with van der Waals surface area (Å²) in [4.78, 5) is 15.5. The Labute approximate surface area is 169 Å². The second-order valence-corrected chi connectivity index (χ2v) is 6.69. The SMILES string of the molecule is COc1ccc(-c2c(C)nn3c(N(CCC#N)CCCF)nc(C)nc23)c(C)n1. The van der Waals surface area contributed by atoms with E-state index in [4.69, 9.17) is 10.00 Å². The summed E-state index contributed by atoms with van der Waals surface area (Å²) in [6, 6.07) is 5.89. The maximum absolute atomic E-state index is 12.8. The summed E-state index contributed by atoms with van der Waals surface area (Å²) in [7, 11) is 1.58. The van der Waals surface area contributed by atoms with Crippen LogP contribution in [0.5, 0.6) is 5.88 Å². The minimum Gasteiger partial charge on any atom is -0.481 e. The molecule has 0 radical (unpaired) electrons. The van der Waals surface area contributed by atoms with Crippen LogP contribution in [0.15, 0.2) is 12.1 Å². The molecule has 0 fully saturated rings. The van der Waals surface area contributed by atoms with Crippen LogP contribution in [0.4, 0.5) is 10.3 Å². The number of rotatable bonds is 8. The van der Waals surface area contributed by atoms with Crippen LogP contribution in [-0.2, 0) is 0 Å². The molecule has 29 heavy (non-hydrogen) atoms. The molecule has 3 aromatic heterocycles. The van der Waals surface area contributed by atoms with Gasteiger partial charge < -0.3 is 9.64 Å². The number of ether oxygens (including phenoxy) is 1. The van der Waals surface area contributed by atoms with E-state index in [1.54, 1.807) is 17.7 Å². The molecule has 3 aromatic rings. The topological polar surface area (TPSA) is 92.2 Å². The smallest absolute Gasteiger partial charge is 0.230 e. The normalized spacial score (nSPS) is 10.9.